The van der Waals surface area contributed by atoms with Gasteiger partial charge < -0.3 is 15.7 Å². The van der Waals surface area contributed by atoms with Crippen molar-refractivity contribution in [2.24, 2.45) is 5.73 Å². The number of benzene rings is 2. The third-order valence-electron chi connectivity index (χ3n) is 5.40. The summed E-state index contributed by atoms with van der Waals surface area (Å²) in [4.78, 5) is 41.9. The Bertz CT molecular complexity index is 1070. The molecule has 3 rings (SSSR count). The van der Waals surface area contributed by atoms with E-state index in [4.69, 9.17) is 5.73 Å². The van der Waals surface area contributed by atoms with Gasteiger partial charge in [0, 0.05) is 19.7 Å². The van der Waals surface area contributed by atoms with E-state index in [0.29, 0.717) is 35.1 Å². The van der Waals surface area contributed by atoms with E-state index in [2.05, 4.69) is 0 Å². The molecule has 2 aromatic rings. The van der Waals surface area contributed by atoms with Crippen molar-refractivity contribution < 1.29 is 28.3 Å². The maximum Gasteiger partial charge on any atom is 0.263 e. The monoisotopic (exact) mass is 457 g/mol. The fourth-order valence-corrected chi connectivity index (χ4v) is 3.72. The first-order valence-corrected chi connectivity index (χ1v) is 10.4. The molecule has 174 valence electrons. The van der Waals surface area contributed by atoms with Gasteiger partial charge in [-0.1, -0.05) is 36.4 Å². The molecule has 33 heavy (non-hydrogen) atoms. The van der Waals surface area contributed by atoms with Gasteiger partial charge in [-0.05, 0) is 42.2 Å². The maximum atomic E-state index is 13.7. The van der Waals surface area contributed by atoms with E-state index in [1.165, 1.54) is 18.9 Å². The molecule has 3 N–H and O–H groups in total. The van der Waals surface area contributed by atoms with E-state index in [1.807, 2.05) is 0 Å². The van der Waals surface area contributed by atoms with Gasteiger partial charge in [0.25, 0.3) is 5.91 Å². The van der Waals surface area contributed by atoms with E-state index in [9.17, 15) is 28.3 Å². The third-order valence-corrected chi connectivity index (χ3v) is 5.40. The second kappa shape index (κ2) is 10.0. The molecule has 1 aliphatic rings. The lowest BCUT2D eigenvalue weighted by atomic mass is 9.94. The van der Waals surface area contributed by atoms with Gasteiger partial charge >= 0.3 is 0 Å². The highest BCUT2D eigenvalue weighted by Gasteiger charge is 2.43. The number of nitrogens with two attached hydrogens (primary N) is 1. The van der Waals surface area contributed by atoms with Gasteiger partial charge in [0.05, 0.1) is 6.04 Å². The lowest BCUT2D eigenvalue weighted by Crippen LogP contribution is -2.57. The number of carbonyl (C=O) groups is 3. The first kappa shape index (κ1) is 24.2. The number of hydrogen-bond donors (Lipinski definition) is 2. The van der Waals surface area contributed by atoms with E-state index in [1.54, 1.807) is 36.4 Å². The van der Waals surface area contributed by atoms with Gasteiger partial charge in [0.1, 0.15) is 17.7 Å². The Hall–Kier alpha value is -3.43. The van der Waals surface area contributed by atoms with Crippen molar-refractivity contribution in [2.75, 3.05) is 13.6 Å². The van der Waals surface area contributed by atoms with Crippen LogP contribution in [0.1, 0.15) is 30.6 Å². The van der Waals surface area contributed by atoms with Crippen LogP contribution in [-0.2, 0) is 14.4 Å². The zero-order valence-electron chi connectivity index (χ0n) is 18.2. The van der Waals surface area contributed by atoms with Crippen LogP contribution < -0.4 is 5.73 Å². The lowest BCUT2D eigenvalue weighted by molar-refractivity contribution is -0.157. The average molecular weight is 457 g/mol. The quantitative estimate of drug-likeness (QED) is 0.715. The minimum atomic E-state index is -2.10. The van der Waals surface area contributed by atoms with Crippen molar-refractivity contribution >= 4 is 23.3 Å². The number of halogens is 2. The lowest BCUT2D eigenvalue weighted by Gasteiger charge is -2.34. The molecule has 3 atom stereocenters. The third kappa shape index (κ3) is 5.15. The molecule has 3 amide bonds. The second-order valence-electron chi connectivity index (χ2n) is 7.92. The van der Waals surface area contributed by atoms with E-state index >= 15 is 0 Å². The molecule has 0 radical (unpaired) electrons. The van der Waals surface area contributed by atoms with Crippen LogP contribution in [0, 0.1) is 11.6 Å². The molecular formula is C24H25F2N3O4. The van der Waals surface area contributed by atoms with E-state index in [-0.39, 0.29) is 5.56 Å². The number of likely N-dealkylation sites (N-methyl/N-ethyl adjacent to an activating group) is 1. The van der Waals surface area contributed by atoms with Gasteiger partial charge in [0.2, 0.25) is 11.8 Å². The Balaban J connectivity index is 2.14. The van der Waals surface area contributed by atoms with Crippen LogP contribution in [0.2, 0.25) is 0 Å². The average Bonchev–Trinajstić information content (AvgIpc) is 2.92. The highest BCUT2D eigenvalue weighted by atomic mass is 19.1. The first-order valence-electron chi connectivity index (χ1n) is 10.4. The zero-order chi connectivity index (χ0) is 24.3. The van der Waals surface area contributed by atoms with Crippen molar-refractivity contribution in [1.82, 2.24) is 9.80 Å². The minimum Gasteiger partial charge on any atom is -0.378 e. The molecule has 0 saturated carbocycles. The Labute approximate surface area is 190 Å². The second-order valence-corrected chi connectivity index (χ2v) is 7.92. The first-order chi connectivity index (χ1) is 15.6. The van der Waals surface area contributed by atoms with Crippen LogP contribution in [-0.4, -0.2) is 58.3 Å². The fourth-order valence-electron chi connectivity index (χ4n) is 3.72. The molecule has 0 aliphatic carbocycles. The molecular weight excluding hydrogens is 432 g/mol. The summed E-state index contributed by atoms with van der Waals surface area (Å²) >= 11 is 0. The Morgan fingerprint density at radius 2 is 1.73 bits per heavy atom. The van der Waals surface area contributed by atoms with Gasteiger partial charge in [-0.25, -0.2) is 8.78 Å². The fraction of sp³-hybridized carbons (Fsp3) is 0.292. The maximum absolute atomic E-state index is 13.7. The molecule has 0 unspecified atom stereocenters. The molecule has 7 nitrogen and oxygen atoms in total. The van der Waals surface area contributed by atoms with Crippen molar-refractivity contribution in [3.05, 3.63) is 77.4 Å². The summed E-state index contributed by atoms with van der Waals surface area (Å²) in [6.07, 6.45) is 0.121. The van der Waals surface area contributed by atoms with Gasteiger partial charge in [-0.3, -0.25) is 19.3 Å². The Morgan fingerprint density at radius 1 is 1.12 bits per heavy atom. The van der Waals surface area contributed by atoms with Crippen LogP contribution in [0.3, 0.4) is 0 Å². The highest BCUT2D eigenvalue weighted by molar-refractivity contribution is 6.08. The molecule has 0 fully saturated rings. The number of rotatable bonds is 5. The van der Waals surface area contributed by atoms with E-state index < -0.39 is 47.5 Å². The van der Waals surface area contributed by atoms with Crippen LogP contribution >= 0.6 is 0 Å². The van der Waals surface area contributed by atoms with Gasteiger partial charge in [-0.2, -0.15) is 0 Å². The standard InChI is InChI=1S/C24H25F2N3O4/c1-14(27)22(31)29(24(33)21(30)16-11-17(25)13-18(26)12-16)20-19(15-7-4-3-5-8-15)9-6-10-28(2)23(20)32/h3-5,7-9,11-14,20-21,30H,6,10,27H2,1-2H3/t14-,20-,21-/m0/s1. The number of carbonyl (C=O) groups excluding carboxylic acids is 3. The number of imide groups is 1. The molecule has 2 aromatic carbocycles. The summed E-state index contributed by atoms with van der Waals surface area (Å²) in [5.74, 6) is -4.68. The smallest absolute Gasteiger partial charge is 0.263 e. The van der Waals surface area contributed by atoms with Gasteiger partial charge in [0.15, 0.2) is 6.10 Å². The predicted molar refractivity (Wildman–Crippen MR) is 117 cm³/mol. The molecule has 1 aliphatic heterocycles. The number of hydrogen-bond acceptors (Lipinski definition) is 5. The molecule has 1 heterocycles. The Kier molecular flexibility index (Phi) is 7.35. The Morgan fingerprint density at radius 3 is 2.30 bits per heavy atom. The number of nitrogens with zero attached hydrogens (tertiary/aromatic N) is 2. The number of aliphatic hydroxyl groups is 1. The van der Waals surface area contributed by atoms with Crippen molar-refractivity contribution in [1.29, 1.82) is 0 Å². The van der Waals surface area contributed by atoms with Crippen LogP contribution in [0.4, 0.5) is 8.78 Å². The van der Waals surface area contributed by atoms with Crippen LogP contribution in [0.15, 0.2) is 54.6 Å². The summed E-state index contributed by atoms with van der Waals surface area (Å²) in [7, 11) is 1.54. The number of aliphatic hydroxyl groups excluding tert-OH is 1. The van der Waals surface area contributed by atoms with Crippen molar-refractivity contribution in [2.45, 2.75) is 31.5 Å². The topological polar surface area (TPSA) is 104 Å². The summed E-state index contributed by atoms with van der Waals surface area (Å²) in [6.45, 7) is 1.69. The SMILES string of the molecule is C[C@H](N)C(=O)N(C(=O)[C@@H](O)c1cc(F)cc(F)c1)[C@@H]1C(=O)N(C)CCC=C1c1ccccc1. The molecule has 0 saturated heterocycles. The molecule has 0 spiro atoms. The summed E-state index contributed by atoms with van der Waals surface area (Å²) in [5.41, 5.74) is 6.39. The molecule has 9 heteroatoms. The number of amides is 3. The zero-order valence-corrected chi connectivity index (χ0v) is 18.2. The highest BCUT2D eigenvalue weighted by Crippen LogP contribution is 2.30. The minimum absolute atomic E-state index is 0.345. The van der Waals surface area contributed by atoms with Crippen molar-refractivity contribution in [3.8, 4) is 0 Å². The molecule has 0 aromatic heterocycles. The van der Waals surface area contributed by atoms with Crippen LogP contribution in [0.5, 0.6) is 0 Å². The molecule has 0 bridgehead atoms. The summed E-state index contributed by atoms with van der Waals surface area (Å²) in [5, 5.41) is 10.7. The summed E-state index contributed by atoms with van der Waals surface area (Å²) in [6, 6.07) is 8.29. The van der Waals surface area contributed by atoms with Crippen molar-refractivity contribution in [3.63, 3.8) is 0 Å². The predicted octanol–water partition coefficient (Wildman–Crippen LogP) is 2.01. The van der Waals surface area contributed by atoms with Crippen LogP contribution in [0.25, 0.3) is 5.57 Å². The normalized spacial score (nSPS) is 18.2. The van der Waals surface area contributed by atoms with Gasteiger partial charge in [-0.15, -0.1) is 0 Å². The van der Waals surface area contributed by atoms with E-state index in [0.717, 1.165) is 12.1 Å². The summed E-state index contributed by atoms with van der Waals surface area (Å²) < 4.78 is 27.4. The largest absolute Gasteiger partial charge is 0.378 e.